The number of rotatable bonds is 6. The number of nitrogens with zero attached hydrogens (tertiary/aromatic N) is 1. The van der Waals surface area contributed by atoms with Gasteiger partial charge in [0.25, 0.3) is 0 Å². The Kier molecular flexibility index (Phi) is 4.18. The molecule has 1 unspecified atom stereocenters. The molecule has 0 bridgehead atoms. The van der Waals surface area contributed by atoms with Gasteiger partial charge in [0.05, 0.1) is 0 Å². The summed E-state index contributed by atoms with van der Waals surface area (Å²) in [6.07, 6.45) is 1.18. The lowest BCUT2D eigenvalue weighted by Gasteiger charge is -2.30. The van der Waals surface area contributed by atoms with Crippen molar-refractivity contribution in [3.8, 4) is 11.8 Å². The highest BCUT2D eigenvalue weighted by molar-refractivity contribution is 5.40. The van der Waals surface area contributed by atoms with Crippen LogP contribution in [0.3, 0.4) is 0 Å². The quantitative estimate of drug-likeness (QED) is 0.883. The Bertz CT molecular complexity index is 660. The van der Waals surface area contributed by atoms with Crippen molar-refractivity contribution in [2.75, 3.05) is 13.2 Å². The summed E-state index contributed by atoms with van der Waals surface area (Å²) in [4.78, 5) is 0. The average Bonchev–Trinajstić information content (AvgIpc) is 2.50. The molecule has 2 aromatic carbocycles. The molecule has 3 heteroatoms. The van der Waals surface area contributed by atoms with Crippen LogP contribution in [0.2, 0.25) is 0 Å². The Labute approximate surface area is 125 Å². The van der Waals surface area contributed by atoms with Crippen LogP contribution in [0.5, 0.6) is 5.75 Å². The summed E-state index contributed by atoms with van der Waals surface area (Å²) < 4.78 is 5.31. The average molecular weight is 278 g/mol. The Morgan fingerprint density at radius 1 is 1.19 bits per heavy atom. The first-order valence-electron chi connectivity index (χ1n) is 7.24. The third-order valence-electron chi connectivity index (χ3n) is 3.88. The van der Waals surface area contributed by atoms with Gasteiger partial charge in [0.1, 0.15) is 11.8 Å². The number of hydrogen-bond donors (Lipinski definition) is 1. The zero-order valence-corrected chi connectivity index (χ0v) is 11.9. The van der Waals surface area contributed by atoms with E-state index in [1.165, 1.54) is 23.1 Å². The molecule has 0 spiro atoms. The van der Waals surface area contributed by atoms with Crippen LogP contribution >= 0.6 is 0 Å². The minimum atomic E-state index is 0.0930. The van der Waals surface area contributed by atoms with Crippen LogP contribution in [0, 0.1) is 11.3 Å². The van der Waals surface area contributed by atoms with Crippen molar-refractivity contribution in [2.45, 2.75) is 18.9 Å². The highest BCUT2D eigenvalue weighted by Crippen LogP contribution is 2.34. The maximum Gasteiger partial charge on any atom is 0.174 e. The van der Waals surface area contributed by atoms with Gasteiger partial charge in [0, 0.05) is 19.0 Å². The highest BCUT2D eigenvalue weighted by atomic mass is 16.5. The summed E-state index contributed by atoms with van der Waals surface area (Å²) in [6.45, 7) is 1.92. The van der Waals surface area contributed by atoms with Gasteiger partial charge in [0.2, 0.25) is 0 Å². The Morgan fingerprint density at radius 2 is 2.10 bits per heavy atom. The second-order valence-electron chi connectivity index (χ2n) is 5.32. The fourth-order valence-corrected chi connectivity index (χ4v) is 2.80. The first-order valence-corrected chi connectivity index (χ1v) is 7.24. The van der Waals surface area contributed by atoms with Crippen molar-refractivity contribution in [3.63, 3.8) is 0 Å². The van der Waals surface area contributed by atoms with Crippen molar-refractivity contribution in [1.29, 1.82) is 5.26 Å². The van der Waals surface area contributed by atoms with E-state index in [0.29, 0.717) is 5.92 Å². The molecule has 21 heavy (non-hydrogen) atoms. The van der Waals surface area contributed by atoms with Crippen LogP contribution in [0.1, 0.15) is 22.6 Å². The van der Waals surface area contributed by atoms with Crippen molar-refractivity contribution >= 4 is 0 Å². The van der Waals surface area contributed by atoms with Crippen LogP contribution < -0.4 is 10.1 Å². The zero-order valence-electron chi connectivity index (χ0n) is 11.9. The first kappa shape index (κ1) is 13.7. The Balaban J connectivity index is 1.49. The van der Waals surface area contributed by atoms with Gasteiger partial charge in [-0.05, 0) is 35.2 Å². The topological polar surface area (TPSA) is 45.0 Å². The van der Waals surface area contributed by atoms with Crippen molar-refractivity contribution in [2.24, 2.45) is 0 Å². The largest absolute Gasteiger partial charge is 0.479 e. The SMILES string of the molecule is N#CCOc1cccc(CNCC2Cc3ccccc32)c1. The molecule has 3 nitrogen and oxygen atoms in total. The molecule has 1 aliphatic rings. The molecule has 0 saturated carbocycles. The molecule has 3 rings (SSSR count). The van der Waals surface area contributed by atoms with E-state index < -0.39 is 0 Å². The summed E-state index contributed by atoms with van der Waals surface area (Å²) >= 11 is 0. The van der Waals surface area contributed by atoms with Crippen molar-refractivity contribution < 1.29 is 4.74 Å². The van der Waals surface area contributed by atoms with Crippen LogP contribution in [0.15, 0.2) is 48.5 Å². The maximum absolute atomic E-state index is 8.53. The fourth-order valence-electron chi connectivity index (χ4n) is 2.80. The zero-order chi connectivity index (χ0) is 14.5. The molecular formula is C18H18N2O. The van der Waals surface area contributed by atoms with E-state index in [1.54, 1.807) is 0 Å². The van der Waals surface area contributed by atoms with E-state index in [4.69, 9.17) is 10.00 Å². The van der Waals surface area contributed by atoms with E-state index in [2.05, 4.69) is 35.6 Å². The van der Waals surface area contributed by atoms with Gasteiger partial charge in [-0.25, -0.2) is 0 Å². The number of nitriles is 1. The van der Waals surface area contributed by atoms with Gasteiger partial charge in [0.15, 0.2) is 6.61 Å². The lowest BCUT2D eigenvalue weighted by molar-refractivity contribution is 0.367. The van der Waals surface area contributed by atoms with Crippen LogP contribution in [-0.4, -0.2) is 13.2 Å². The summed E-state index contributed by atoms with van der Waals surface area (Å²) in [5.41, 5.74) is 4.14. The van der Waals surface area contributed by atoms with E-state index in [0.717, 1.165) is 18.8 Å². The minimum Gasteiger partial charge on any atom is -0.479 e. The molecule has 0 heterocycles. The number of fused-ring (bicyclic) bond motifs is 1. The summed E-state index contributed by atoms with van der Waals surface area (Å²) in [5, 5.41) is 12.0. The molecule has 0 radical (unpaired) electrons. The number of nitrogens with one attached hydrogen (secondary N) is 1. The maximum atomic E-state index is 8.53. The number of ether oxygens (including phenoxy) is 1. The highest BCUT2D eigenvalue weighted by Gasteiger charge is 2.24. The molecule has 1 N–H and O–H groups in total. The normalized spacial score (nSPS) is 15.7. The number of hydrogen-bond acceptors (Lipinski definition) is 3. The standard InChI is InChI=1S/C18H18N2O/c19-8-9-21-17-6-3-4-14(10-17)12-20-13-16-11-15-5-1-2-7-18(15)16/h1-7,10,16,20H,9,11-13H2. The van der Waals surface area contributed by atoms with Gasteiger partial charge in [-0.15, -0.1) is 0 Å². The van der Waals surface area contributed by atoms with Gasteiger partial charge in [-0.3, -0.25) is 0 Å². The monoisotopic (exact) mass is 278 g/mol. The smallest absolute Gasteiger partial charge is 0.174 e. The molecular weight excluding hydrogens is 260 g/mol. The molecule has 0 aliphatic heterocycles. The van der Waals surface area contributed by atoms with Gasteiger partial charge in [-0.1, -0.05) is 36.4 Å². The van der Waals surface area contributed by atoms with Gasteiger partial charge >= 0.3 is 0 Å². The third kappa shape index (κ3) is 3.24. The summed E-state index contributed by atoms with van der Waals surface area (Å²) in [7, 11) is 0. The first-order chi connectivity index (χ1) is 10.4. The second kappa shape index (κ2) is 6.43. The fraction of sp³-hybridized carbons (Fsp3) is 0.278. The van der Waals surface area contributed by atoms with Crippen LogP contribution in [0.4, 0.5) is 0 Å². The predicted molar refractivity (Wildman–Crippen MR) is 82.1 cm³/mol. The van der Waals surface area contributed by atoms with E-state index >= 15 is 0 Å². The Hall–Kier alpha value is -2.31. The third-order valence-corrected chi connectivity index (χ3v) is 3.88. The van der Waals surface area contributed by atoms with Crippen LogP contribution in [-0.2, 0) is 13.0 Å². The molecule has 2 aromatic rings. The van der Waals surface area contributed by atoms with Gasteiger partial charge in [-0.2, -0.15) is 5.26 Å². The molecule has 106 valence electrons. The molecule has 0 fully saturated rings. The lowest BCUT2D eigenvalue weighted by Crippen LogP contribution is -2.28. The van der Waals surface area contributed by atoms with Crippen LogP contribution in [0.25, 0.3) is 0 Å². The molecule has 0 amide bonds. The molecule has 1 aliphatic carbocycles. The van der Waals surface area contributed by atoms with Gasteiger partial charge < -0.3 is 10.1 Å². The predicted octanol–water partition coefficient (Wildman–Crippen LogP) is 3.02. The molecule has 0 aromatic heterocycles. The molecule has 0 saturated heterocycles. The van der Waals surface area contributed by atoms with Crippen molar-refractivity contribution in [1.82, 2.24) is 5.32 Å². The van der Waals surface area contributed by atoms with Crippen molar-refractivity contribution in [3.05, 3.63) is 65.2 Å². The second-order valence-corrected chi connectivity index (χ2v) is 5.32. The van der Waals surface area contributed by atoms with E-state index in [9.17, 15) is 0 Å². The number of benzene rings is 2. The molecule has 1 atom stereocenters. The van der Waals surface area contributed by atoms with E-state index in [-0.39, 0.29) is 6.61 Å². The summed E-state index contributed by atoms with van der Waals surface area (Å²) in [5.74, 6) is 1.39. The minimum absolute atomic E-state index is 0.0930. The lowest BCUT2D eigenvalue weighted by atomic mass is 9.77. The Morgan fingerprint density at radius 3 is 2.95 bits per heavy atom. The summed E-state index contributed by atoms with van der Waals surface area (Å²) in [6, 6.07) is 18.5. The van der Waals surface area contributed by atoms with E-state index in [1.807, 2.05) is 24.3 Å².